The number of fused-ring (bicyclic) bond motifs is 1. The van der Waals surface area contributed by atoms with E-state index in [1.807, 2.05) is 11.6 Å². The van der Waals surface area contributed by atoms with Crippen molar-refractivity contribution in [3.8, 4) is 0 Å². The van der Waals surface area contributed by atoms with E-state index < -0.39 is 0 Å². The summed E-state index contributed by atoms with van der Waals surface area (Å²) in [6, 6.07) is 4.37. The number of amides is 3. The van der Waals surface area contributed by atoms with Gasteiger partial charge in [0.2, 0.25) is 5.91 Å². The molecule has 1 heterocycles. The first-order valence-electron chi connectivity index (χ1n) is 11.8. The highest BCUT2D eigenvalue weighted by Gasteiger charge is 2.51. The van der Waals surface area contributed by atoms with Crippen LogP contribution in [0, 0.1) is 23.6 Å². The van der Waals surface area contributed by atoms with Gasteiger partial charge < -0.3 is 20.5 Å². The summed E-state index contributed by atoms with van der Waals surface area (Å²) in [5.41, 5.74) is 1.46. The number of hydrogen-bond acceptors (Lipinski definition) is 3. The molecular weight excluding hydrogens is 409 g/mol. The Hall–Kier alpha value is -2.64. The van der Waals surface area contributed by atoms with Gasteiger partial charge >= 0.3 is 6.03 Å². The third kappa shape index (κ3) is 4.32. The van der Waals surface area contributed by atoms with Crippen LogP contribution in [-0.4, -0.2) is 40.1 Å². The zero-order valence-electron chi connectivity index (χ0n) is 18.6. The van der Waals surface area contributed by atoms with Crippen LogP contribution >= 0.6 is 0 Å². The van der Waals surface area contributed by atoms with Crippen molar-refractivity contribution in [2.45, 2.75) is 56.9 Å². The Labute approximate surface area is 187 Å². The van der Waals surface area contributed by atoms with Gasteiger partial charge in [0.25, 0.3) is 0 Å². The lowest BCUT2D eigenvalue weighted by Crippen LogP contribution is -2.61. The summed E-state index contributed by atoms with van der Waals surface area (Å²) in [5, 5.41) is 9.01. The van der Waals surface area contributed by atoms with E-state index in [9.17, 15) is 14.0 Å². The van der Waals surface area contributed by atoms with Crippen LogP contribution in [-0.2, 0) is 18.3 Å². The minimum atomic E-state index is -0.292. The maximum Gasteiger partial charge on any atom is 0.315 e. The maximum absolute atomic E-state index is 13.4. The smallest absolute Gasteiger partial charge is 0.315 e. The number of nitrogens with one attached hydrogen (secondary N) is 3. The lowest BCUT2D eigenvalue weighted by Gasteiger charge is -2.56. The number of aromatic nitrogens is 2. The molecule has 7 nitrogen and oxygen atoms in total. The number of nitrogens with zero attached hydrogens (tertiary/aromatic N) is 2. The molecule has 0 radical (unpaired) electrons. The van der Waals surface area contributed by atoms with Gasteiger partial charge in [-0.05, 0) is 74.5 Å². The Balaban J connectivity index is 1.03. The molecule has 0 atom stereocenters. The van der Waals surface area contributed by atoms with Crippen molar-refractivity contribution in [3.05, 3.63) is 29.8 Å². The number of halogens is 1. The number of urea groups is 1. The highest BCUT2D eigenvalue weighted by atomic mass is 19.1. The number of carbonyl (C=O) groups is 2. The SMILES string of the molecule is Cn1c(CCNC(=O)CCNC(=O)NC23CC4CC(CC(C4)C2)C3)nc2ccc(F)cc21. The van der Waals surface area contributed by atoms with Crippen LogP contribution in [0.1, 0.15) is 50.8 Å². The Morgan fingerprint density at radius 2 is 1.78 bits per heavy atom. The summed E-state index contributed by atoms with van der Waals surface area (Å²) in [4.78, 5) is 29.1. The Bertz CT molecular complexity index is 998. The normalized spacial score (nSPS) is 28.1. The second-order valence-electron chi connectivity index (χ2n) is 10.1. The third-order valence-corrected chi connectivity index (χ3v) is 7.66. The predicted molar refractivity (Wildman–Crippen MR) is 119 cm³/mol. The van der Waals surface area contributed by atoms with E-state index in [-0.39, 0.29) is 29.7 Å². The van der Waals surface area contributed by atoms with Gasteiger partial charge in [-0.15, -0.1) is 0 Å². The van der Waals surface area contributed by atoms with Crippen molar-refractivity contribution < 1.29 is 14.0 Å². The molecule has 6 rings (SSSR count). The minimum absolute atomic E-state index is 0.0182. The topological polar surface area (TPSA) is 88.0 Å². The van der Waals surface area contributed by atoms with Gasteiger partial charge in [-0.3, -0.25) is 4.79 Å². The fourth-order valence-electron chi connectivity index (χ4n) is 6.68. The average molecular weight is 442 g/mol. The van der Waals surface area contributed by atoms with E-state index in [1.54, 1.807) is 6.07 Å². The molecule has 1 aromatic carbocycles. The van der Waals surface area contributed by atoms with Crippen LogP contribution in [0.4, 0.5) is 9.18 Å². The zero-order chi connectivity index (χ0) is 22.3. The molecule has 4 aliphatic rings. The molecule has 3 N–H and O–H groups in total. The standard InChI is InChI=1S/C24H32FN5O2/c1-30-20-11-18(25)2-3-19(20)28-21(30)4-6-26-22(31)5-7-27-23(32)29-24-12-15-8-16(13-24)10-17(9-15)14-24/h2-3,11,15-17H,4-10,12-14H2,1H3,(H,26,31)(H2,27,29,32). The van der Waals surface area contributed by atoms with E-state index in [1.165, 1.54) is 31.4 Å². The maximum atomic E-state index is 13.4. The highest BCUT2D eigenvalue weighted by molar-refractivity contribution is 5.78. The first kappa shape index (κ1) is 21.2. The lowest BCUT2D eigenvalue weighted by molar-refractivity contribution is -0.120. The van der Waals surface area contributed by atoms with Crippen LogP contribution in [0.25, 0.3) is 11.0 Å². The molecule has 4 fully saturated rings. The molecule has 0 saturated heterocycles. The molecule has 0 unspecified atom stereocenters. The molecular formula is C24H32FN5O2. The molecule has 3 amide bonds. The number of hydrogen-bond donors (Lipinski definition) is 3. The van der Waals surface area contributed by atoms with Gasteiger partial charge in [0.15, 0.2) is 0 Å². The van der Waals surface area contributed by atoms with Crippen LogP contribution in [0.5, 0.6) is 0 Å². The first-order chi connectivity index (χ1) is 15.4. The summed E-state index contributed by atoms with van der Waals surface area (Å²) in [5.74, 6) is 2.73. The molecule has 172 valence electrons. The highest BCUT2D eigenvalue weighted by Crippen LogP contribution is 2.55. The number of benzene rings is 1. The van der Waals surface area contributed by atoms with Gasteiger partial charge in [0.1, 0.15) is 11.6 Å². The minimum Gasteiger partial charge on any atom is -0.356 e. The Morgan fingerprint density at radius 3 is 2.47 bits per heavy atom. The van der Waals surface area contributed by atoms with Crippen molar-refractivity contribution in [2.24, 2.45) is 24.8 Å². The largest absolute Gasteiger partial charge is 0.356 e. The molecule has 32 heavy (non-hydrogen) atoms. The quantitative estimate of drug-likeness (QED) is 0.617. The fourth-order valence-corrected chi connectivity index (χ4v) is 6.68. The van der Waals surface area contributed by atoms with E-state index in [0.29, 0.717) is 19.5 Å². The van der Waals surface area contributed by atoms with Crippen LogP contribution in [0.3, 0.4) is 0 Å². The monoisotopic (exact) mass is 441 g/mol. The van der Waals surface area contributed by atoms with Crippen LogP contribution in [0.2, 0.25) is 0 Å². The molecule has 4 bridgehead atoms. The van der Waals surface area contributed by atoms with E-state index in [4.69, 9.17) is 0 Å². The van der Waals surface area contributed by atoms with Crippen LogP contribution < -0.4 is 16.0 Å². The van der Waals surface area contributed by atoms with E-state index in [0.717, 1.165) is 53.9 Å². The molecule has 1 aromatic heterocycles. The van der Waals surface area contributed by atoms with Crippen molar-refractivity contribution in [2.75, 3.05) is 13.1 Å². The van der Waals surface area contributed by atoms with Gasteiger partial charge in [0, 0.05) is 38.5 Å². The third-order valence-electron chi connectivity index (χ3n) is 7.66. The molecule has 0 spiro atoms. The van der Waals surface area contributed by atoms with Crippen molar-refractivity contribution in [3.63, 3.8) is 0 Å². The van der Waals surface area contributed by atoms with Gasteiger partial charge in [-0.25, -0.2) is 14.2 Å². The van der Waals surface area contributed by atoms with Gasteiger partial charge in [-0.1, -0.05) is 0 Å². The lowest BCUT2D eigenvalue weighted by atomic mass is 9.53. The zero-order valence-corrected chi connectivity index (χ0v) is 18.6. The van der Waals surface area contributed by atoms with Gasteiger partial charge in [-0.2, -0.15) is 0 Å². The second-order valence-corrected chi connectivity index (χ2v) is 10.1. The molecule has 2 aromatic rings. The van der Waals surface area contributed by atoms with Gasteiger partial charge in [0.05, 0.1) is 11.0 Å². The van der Waals surface area contributed by atoms with E-state index in [2.05, 4.69) is 20.9 Å². The number of rotatable bonds is 7. The summed E-state index contributed by atoms with van der Waals surface area (Å²) in [7, 11) is 1.85. The second kappa shape index (κ2) is 8.37. The van der Waals surface area contributed by atoms with Crippen molar-refractivity contribution in [1.29, 1.82) is 0 Å². The summed E-state index contributed by atoms with van der Waals surface area (Å²) in [6.07, 6.45) is 8.15. The van der Waals surface area contributed by atoms with Crippen molar-refractivity contribution in [1.82, 2.24) is 25.5 Å². The number of imidazole rings is 1. The fraction of sp³-hybridized carbons (Fsp3) is 0.625. The Kier molecular flexibility index (Phi) is 5.55. The predicted octanol–water partition coefficient (Wildman–Crippen LogP) is 3.03. The average Bonchev–Trinajstić information content (AvgIpc) is 3.02. The van der Waals surface area contributed by atoms with Crippen LogP contribution in [0.15, 0.2) is 18.2 Å². The number of aryl methyl sites for hydroxylation is 1. The van der Waals surface area contributed by atoms with Crippen molar-refractivity contribution >= 4 is 23.0 Å². The summed E-state index contributed by atoms with van der Waals surface area (Å²) in [6.45, 7) is 0.757. The Morgan fingerprint density at radius 1 is 1.09 bits per heavy atom. The first-order valence-corrected chi connectivity index (χ1v) is 11.8. The molecule has 4 saturated carbocycles. The molecule has 8 heteroatoms. The summed E-state index contributed by atoms with van der Waals surface area (Å²) >= 11 is 0. The molecule has 0 aliphatic heterocycles. The molecule has 4 aliphatic carbocycles. The van der Waals surface area contributed by atoms with E-state index >= 15 is 0 Å². The number of carbonyl (C=O) groups excluding carboxylic acids is 2. The summed E-state index contributed by atoms with van der Waals surface area (Å²) < 4.78 is 15.3.